The molecule has 0 bridgehead atoms. The van der Waals surface area contributed by atoms with Crippen LogP contribution in [0.4, 0.5) is 0 Å². The molecule has 4 heteroatoms. The van der Waals surface area contributed by atoms with Crippen LogP contribution >= 0.6 is 11.8 Å². The van der Waals surface area contributed by atoms with Crippen LogP contribution in [-0.4, -0.2) is 17.3 Å². The molecule has 3 nitrogen and oxygen atoms in total. The minimum atomic E-state index is -0.0761. The minimum Gasteiger partial charge on any atom is -0.369 e. The molecule has 1 saturated carbocycles. The third-order valence-corrected chi connectivity index (χ3v) is 6.38. The fourth-order valence-electron chi connectivity index (χ4n) is 3.99. The fourth-order valence-corrected chi connectivity index (χ4v) is 5.48. The van der Waals surface area contributed by atoms with Crippen molar-refractivity contribution >= 4 is 18.1 Å². The van der Waals surface area contributed by atoms with Crippen LogP contribution in [0, 0.1) is 0 Å². The number of hydrogen-bond acceptors (Lipinski definition) is 4. The van der Waals surface area contributed by atoms with E-state index in [1.165, 1.54) is 62.8 Å². The second-order valence-corrected chi connectivity index (χ2v) is 7.96. The molecule has 1 unspecified atom stereocenters. The topological polar surface area (TPSA) is 36.4 Å². The van der Waals surface area contributed by atoms with Gasteiger partial charge in [0.05, 0.1) is 6.34 Å². The Balaban J connectivity index is 1.65. The first-order valence-corrected chi connectivity index (χ1v) is 8.81. The van der Waals surface area contributed by atoms with Crippen LogP contribution in [0.2, 0.25) is 0 Å². The van der Waals surface area contributed by atoms with Crippen molar-refractivity contribution in [1.82, 2.24) is 10.6 Å². The second-order valence-electron chi connectivity index (χ2n) is 6.47. The number of thioether (sulfide) groups is 1. The van der Waals surface area contributed by atoms with Crippen molar-refractivity contribution in [3.8, 4) is 0 Å². The summed E-state index contributed by atoms with van der Waals surface area (Å²) in [4.78, 5) is 6.25. The lowest BCUT2D eigenvalue weighted by molar-refractivity contribution is 0.390. The first kappa shape index (κ1) is 12.8. The van der Waals surface area contributed by atoms with E-state index in [0.717, 1.165) is 0 Å². The van der Waals surface area contributed by atoms with Gasteiger partial charge in [-0.1, -0.05) is 31.0 Å². The van der Waals surface area contributed by atoms with Crippen molar-refractivity contribution in [2.45, 2.75) is 69.2 Å². The lowest BCUT2D eigenvalue weighted by Crippen LogP contribution is -2.42. The Morgan fingerprint density at radius 2 is 2.10 bits per heavy atom. The number of allylic oxidation sites excluding steroid dienone is 1. The third-order valence-electron chi connectivity index (χ3n) is 4.98. The molecule has 1 fully saturated rings. The van der Waals surface area contributed by atoms with Crippen molar-refractivity contribution in [2.24, 2.45) is 4.99 Å². The average Bonchev–Trinajstić information content (AvgIpc) is 2.97. The Bertz CT molecular complexity index is 514. The monoisotopic (exact) mass is 289 g/mol. The Hall–Kier alpha value is -0.900. The third kappa shape index (κ3) is 2.00. The molecule has 0 radical (unpaired) electrons. The van der Waals surface area contributed by atoms with Gasteiger partial charge in [0, 0.05) is 11.6 Å². The van der Waals surface area contributed by atoms with Crippen LogP contribution in [0.3, 0.4) is 0 Å². The molecule has 0 aromatic rings. The maximum Gasteiger partial charge on any atom is 0.138 e. The zero-order chi connectivity index (χ0) is 13.6. The SMILES string of the molecule is CC12N=CNC(NC3CCCCC3)=C1C1=C(CCC1)S2. The number of nitrogens with one attached hydrogen (secondary N) is 2. The van der Waals surface area contributed by atoms with Gasteiger partial charge in [-0.25, -0.2) is 0 Å². The lowest BCUT2D eigenvalue weighted by Gasteiger charge is -2.33. The fraction of sp³-hybridized carbons (Fsp3) is 0.688. The highest BCUT2D eigenvalue weighted by Gasteiger charge is 2.45. The maximum atomic E-state index is 4.74. The molecule has 2 N–H and O–H groups in total. The van der Waals surface area contributed by atoms with Crippen LogP contribution in [0.1, 0.15) is 58.3 Å². The number of hydrogen-bond donors (Lipinski definition) is 2. The van der Waals surface area contributed by atoms with Crippen molar-refractivity contribution in [3.63, 3.8) is 0 Å². The number of fused-ring (bicyclic) bond motifs is 2. The largest absolute Gasteiger partial charge is 0.369 e. The van der Waals surface area contributed by atoms with Gasteiger partial charge < -0.3 is 10.6 Å². The zero-order valence-electron chi connectivity index (χ0n) is 12.2. The molecule has 1 atom stereocenters. The van der Waals surface area contributed by atoms with E-state index in [-0.39, 0.29) is 4.87 Å². The Morgan fingerprint density at radius 1 is 1.25 bits per heavy atom. The number of rotatable bonds is 2. The van der Waals surface area contributed by atoms with E-state index in [9.17, 15) is 0 Å². The summed E-state index contributed by atoms with van der Waals surface area (Å²) in [5.41, 5.74) is 3.03. The molecule has 0 aromatic carbocycles. The summed E-state index contributed by atoms with van der Waals surface area (Å²) in [5, 5.41) is 7.20. The molecule has 4 aliphatic rings. The molecule has 4 rings (SSSR count). The number of aliphatic imine (C=N–C) groups is 1. The lowest BCUT2D eigenvalue weighted by atomic mass is 9.94. The summed E-state index contributed by atoms with van der Waals surface area (Å²) in [6.07, 6.45) is 12.5. The van der Waals surface area contributed by atoms with Gasteiger partial charge in [-0.15, -0.1) is 0 Å². The van der Waals surface area contributed by atoms with Crippen molar-refractivity contribution in [2.75, 3.05) is 0 Å². The highest BCUT2D eigenvalue weighted by Crippen LogP contribution is 2.57. The van der Waals surface area contributed by atoms with Gasteiger partial charge in [0.2, 0.25) is 0 Å². The van der Waals surface area contributed by atoms with Gasteiger partial charge >= 0.3 is 0 Å². The zero-order valence-corrected chi connectivity index (χ0v) is 13.0. The van der Waals surface area contributed by atoms with Gasteiger partial charge in [0.15, 0.2) is 0 Å². The summed E-state index contributed by atoms with van der Waals surface area (Å²) in [7, 11) is 0. The van der Waals surface area contributed by atoms with E-state index >= 15 is 0 Å². The standard InChI is InChI=1S/C16H23N3S/c1-16-14(12-8-5-9-13(12)20-16)15(17-10-18-16)19-11-6-3-2-4-7-11/h10-11,19H,2-9H2,1H3,(H,17,18). The summed E-state index contributed by atoms with van der Waals surface area (Å²) >= 11 is 1.98. The first-order valence-electron chi connectivity index (χ1n) is 7.99. The van der Waals surface area contributed by atoms with Crippen LogP contribution < -0.4 is 10.6 Å². The number of nitrogens with zero attached hydrogens (tertiary/aromatic N) is 1. The highest BCUT2D eigenvalue weighted by atomic mass is 32.2. The Morgan fingerprint density at radius 3 is 2.95 bits per heavy atom. The Labute approximate surface area is 125 Å². The predicted molar refractivity (Wildman–Crippen MR) is 85.5 cm³/mol. The summed E-state index contributed by atoms with van der Waals surface area (Å²) in [6.45, 7) is 2.27. The summed E-state index contributed by atoms with van der Waals surface area (Å²) in [5.74, 6) is 1.24. The molecular weight excluding hydrogens is 266 g/mol. The molecule has 2 heterocycles. The van der Waals surface area contributed by atoms with Crippen molar-refractivity contribution in [1.29, 1.82) is 0 Å². The molecule has 0 amide bonds. The van der Waals surface area contributed by atoms with Crippen LogP contribution in [0.5, 0.6) is 0 Å². The normalized spacial score (nSPS) is 33.2. The van der Waals surface area contributed by atoms with E-state index in [4.69, 9.17) is 4.99 Å². The summed E-state index contributed by atoms with van der Waals surface area (Å²) < 4.78 is 0. The summed E-state index contributed by atoms with van der Waals surface area (Å²) in [6, 6.07) is 0.644. The molecule has 0 saturated heterocycles. The van der Waals surface area contributed by atoms with E-state index < -0.39 is 0 Å². The first-order chi connectivity index (χ1) is 9.76. The van der Waals surface area contributed by atoms with E-state index in [1.54, 1.807) is 10.5 Å². The van der Waals surface area contributed by atoms with Crippen molar-refractivity contribution in [3.05, 3.63) is 21.9 Å². The molecular formula is C16H23N3S. The predicted octanol–water partition coefficient (Wildman–Crippen LogP) is 3.65. The molecule has 0 spiro atoms. The quantitative estimate of drug-likeness (QED) is 0.814. The molecule has 0 aromatic heterocycles. The average molecular weight is 289 g/mol. The van der Waals surface area contributed by atoms with Crippen LogP contribution in [0.25, 0.3) is 0 Å². The van der Waals surface area contributed by atoms with Crippen LogP contribution in [-0.2, 0) is 0 Å². The van der Waals surface area contributed by atoms with Gasteiger partial charge in [-0.05, 0) is 49.5 Å². The molecule has 20 heavy (non-hydrogen) atoms. The molecule has 2 aliphatic heterocycles. The molecule has 108 valence electrons. The van der Waals surface area contributed by atoms with Crippen LogP contribution in [0.15, 0.2) is 26.9 Å². The van der Waals surface area contributed by atoms with Crippen molar-refractivity contribution < 1.29 is 0 Å². The van der Waals surface area contributed by atoms with E-state index in [1.807, 2.05) is 18.1 Å². The maximum absolute atomic E-state index is 4.74. The second kappa shape index (κ2) is 4.83. The van der Waals surface area contributed by atoms with E-state index in [0.29, 0.717) is 6.04 Å². The smallest absolute Gasteiger partial charge is 0.138 e. The van der Waals surface area contributed by atoms with Gasteiger partial charge in [0.1, 0.15) is 10.7 Å². The highest BCUT2D eigenvalue weighted by molar-refractivity contribution is 8.05. The Kier molecular flexibility index (Phi) is 3.09. The van der Waals surface area contributed by atoms with Gasteiger partial charge in [-0.3, -0.25) is 4.99 Å². The van der Waals surface area contributed by atoms with Gasteiger partial charge in [-0.2, -0.15) is 0 Å². The van der Waals surface area contributed by atoms with E-state index in [2.05, 4.69) is 17.6 Å². The molecule has 2 aliphatic carbocycles. The minimum absolute atomic E-state index is 0.0761. The van der Waals surface area contributed by atoms with Gasteiger partial charge in [0.25, 0.3) is 0 Å².